The molecule has 6 aromatic carbocycles. The molecule has 1 aromatic heterocycles. The summed E-state index contributed by atoms with van der Waals surface area (Å²) in [5.74, 6) is -27.7. The van der Waals surface area contributed by atoms with Gasteiger partial charge in [0.1, 0.15) is 90.0 Å². The molecular weight excluding hydrogens is 1830 g/mol. The number of aliphatic hydroxyl groups is 2. The number of benzene rings is 6. The number of carbonyl (C=O) groups excluding carboxylic acids is 16. The quantitative estimate of drug-likeness (QED) is 0.0353. The van der Waals surface area contributed by atoms with E-state index in [0.717, 1.165) is 31.5 Å². The van der Waals surface area contributed by atoms with Gasteiger partial charge in [-0.15, -0.1) is 11.8 Å². The fourth-order valence-electron chi connectivity index (χ4n) is 16.9. The Hall–Kier alpha value is -14.5. The van der Waals surface area contributed by atoms with Crippen LogP contribution in [0.3, 0.4) is 0 Å². The van der Waals surface area contributed by atoms with Crippen LogP contribution in [0, 0.1) is 23.4 Å². The normalized spacial score (nSPS) is 24.1. The number of primary amides is 2. The lowest BCUT2D eigenvalue weighted by Gasteiger charge is -2.38. The van der Waals surface area contributed by atoms with Gasteiger partial charge in [-0.3, -0.25) is 81.5 Å². The molecule has 744 valence electrons. The van der Waals surface area contributed by atoms with E-state index in [0.29, 0.717) is 63.5 Å². The number of unbranched alkanes of at least 4 members (excludes halogenated alkanes) is 1. The van der Waals surface area contributed by atoms with Crippen molar-refractivity contribution in [2.75, 3.05) is 52.3 Å². The number of phenolic OH excluding ortho intramolecular Hbond substituents is 2. The predicted molar refractivity (Wildman–Crippen MR) is 498 cm³/mol. The largest absolute Gasteiger partial charge is 0.508 e. The van der Waals surface area contributed by atoms with Crippen molar-refractivity contribution < 1.29 is 120 Å². The maximum absolute atomic E-state index is 15.8. The third-order valence-corrected chi connectivity index (χ3v) is 25.5. The van der Waals surface area contributed by atoms with Crippen LogP contribution in [-0.2, 0) is 120 Å². The Morgan fingerprint density at radius 3 is 1.52 bits per heavy atom. The monoisotopic (exact) mass is 1950 g/mol. The Bertz CT molecular complexity index is 5610. The van der Waals surface area contributed by atoms with E-state index in [-0.39, 0.29) is 49.2 Å². The number of aromatic hydroxyl groups is 2. The molecule has 0 aliphatic carbocycles. The Labute approximate surface area is 802 Å². The van der Waals surface area contributed by atoms with E-state index in [1.165, 1.54) is 82.7 Å². The third kappa shape index (κ3) is 29.3. The zero-order valence-corrected chi connectivity index (χ0v) is 78.0. The minimum Gasteiger partial charge on any atom is -0.508 e. The maximum Gasteiger partial charge on any atom is 0.305 e. The van der Waals surface area contributed by atoms with Gasteiger partial charge in [-0.2, -0.15) is 0 Å². The molecule has 43 heteroatoms. The summed E-state index contributed by atoms with van der Waals surface area (Å²) in [5.41, 5.74) is 13.3. The smallest absolute Gasteiger partial charge is 0.305 e. The maximum atomic E-state index is 15.8. The summed E-state index contributed by atoms with van der Waals surface area (Å²) < 4.78 is 45.2. The molecule has 7 aromatic rings. The number of aromatic amines is 1. The summed E-state index contributed by atoms with van der Waals surface area (Å²) in [7, 11) is 3.58. The molecule has 3 saturated heterocycles. The van der Waals surface area contributed by atoms with Crippen LogP contribution >= 0.6 is 11.8 Å². The fraction of sp³-hybridized carbons (Fsp3) is 0.427. The van der Waals surface area contributed by atoms with E-state index in [1.807, 2.05) is 0 Å². The number of aromatic nitrogens is 1. The molecule has 3 aliphatic rings. The van der Waals surface area contributed by atoms with Crippen LogP contribution in [0.2, 0.25) is 0 Å². The highest BCUT2D eigenvalue weighted by Gasteiger charge is 2.49. The topological polar surface area (TPSA) is 584 Å². The summed E-state index contributed by atoms with van der Waals surface area (Å²) in [5, 5.41) is 77.4. The zero-order valence-electron chi connectivity index (χ0n) is 77.2. The number of fused-ring (bicyclic) bond motifs is 3. The summed E-state index contributed by atoms with van der Waals surface area (Å²) in [6, 6.07) is 12.0. The first-order valence-corrected chi connectivity index (χ1v) is 46.4. The minimum absolute atomic E-state index is 0.0229. The molecule has 10 rings (SSSR count). The van der Waals surface area contributed by atoms with Gasteiger partial charge in [-0.1, -0.05) is 137 Å². The molecule has 3 aliphatic heterocycles. The standard InChI is InChI=1S/C96H116F3N17O22S/c1-7-8-23-73-95(137)116-48-61(120)42-77(116)91(133)108-69(44-81(124)125)88(130)111-83(51(2)3)96(138)114(6)75(39-53-19-13-10-14-20-53)89(131)109-71(37-55-26-31-59(118)32-27-55)93(135)115-47-60(119)41-76(115)90(132)107-67(40-57-45-102-65-22-16-15-21-62(57)65)86(128)105-66(36-54-24-29-58(117)30-25-54)85(127)106-68(43-78(100)121)87(129)110-72(84(126)103-46-79(101)122)49-139-50-80(123)104-70(38-56-34-63(97)82(99)64(98)35-56)92(134)112(4)74(94(136)113(73)5)33-28-52-17-11-9-12-18-52/h9-22,24-27,29-32,34-35,45,51,60-61,66-77,83,102,117-120H,7-8,23,28,33,36-44,46-50H2,1-6H3,(H2,100,121)(H2,101,122)(H,103,126)(H,104,123)(H,105,128)(H,106,127)(H,107,132)(H,108,133)(H,109,131)(H,110,129)(H,111,130)(H,124,125)/t60-,61-,66+,67+,68+,69+,70+,71+,72+,73+,74+,75?,76+,77-,83+/m1/s1. The molecular formula is C96H116F3N17O22S. The number of phenols is 2. The van der Waals surface area contributed by atoms with Crippen molar-refractivity contribution in [3.63, 3.8) is 0 Å². The number of likely N-dealkylation sites (N-methyl/N-ethyl adjacent to an activating group) is 3. The van der Waals surface area contributed by atoms with Crippen molar-refractivity contribution in [2.45, 2.75) is 201 Å². The van der Waals surface area contributed by atoms with Gasteiger partial charge in [0.15, 0.2) is 17.5 Å². The second kappa shape index (κ2) is 49.5. The van der Waals surface area contributed by atoms with Crippen molar-refractivity contribution in [3.05, 3.63) is 203 Å². The highest BCUT2D eigenvalue weighted by Crippen LogP contribution is 2.30. The van der Waals surface area contributed by atoms with Crippen LogP contribution in [0.5, 0.6) is 11.5 Å². The summed E-state index contributed by atoms with van der Waals surface area (Å²) in [6.07, 6.45) is -6.91. The average Bonchev–Trinajstić information content (AvgIpc) is 1.73. The molecule has 4 heterocycles. The molecule has 0 saturated carbocycles. The molecule has 39 nitrogen and oxygen atoms in total. The number of hydrogen-bond donors (Lipinski definition) is 17. The number of nitrogens with zero attached hydrogens (tertiary/aromatic N) is 5. The van der Waals surface area contributed by atoms with E-state index in [4.69, 9.17) is 11.5 Å². The molecule has 15 atom stereocenters. The van der Waals surface area contributed by atoms with E-state index in [9.17, 15) is 68.3 Å². The fourth-order valence-corrected chi connectivity index (χ4v) is 17.8. The number of thioether (sulfide) groups is 1. The predicted octanol–water partition coefficient (Wildman–Crippen LogP) is -0.0299. The second-order valence-electron chi connectivity index (χ2n) is 35.1. The number of carboxylic acid groups (broad SMARTS) is 1. The number of para-hydroxylation sites is 1. The first-order chi connectivity index (χ1) is 66.1. The van der Waals surface area contributed by atoms with Crippen molar-refractivity contribution in [2.24, 2.45) is 17.4 Å². The van der Waals surface area contributed by atoms with Gasteiger partial charge in [-0.25, -0.2) is 13.2 Å². The van der Waals surface area contributed by atoms with Gasteiger partial charge in [0.25, 0.3) is 0 Å². The highest BCUT2D eigenvalue weighted by molar-refractivity contribution is 8.00. The van der Waals surface area contributed by atoms with E-state index >= 15 is 51.9 Å². The molecule has 0 bridgehead atoms. The van der Waals surface area contributed by atoms with Crippen LogP contribution in [0.4, 0.5) is 13.2 Å². The number of rotatable bonds is 24. The number of carbonyl (C=O) groups is 17. The molecule has 1 unspecified atom stereocenters. The number of aliphatic hydroxyl groups excluding tert-OH is 2. The van der Waals surface area contributed by atoms with Crippen molar-refractivity contribution in [1.82, 2.24) is 77.3 Å². The van der Waals surface area contributed by atoms with Gasteiger partial charge < -0.3 is 114 Å². The lowest BCUT2D eigenvalue weighted by atomic mass is 9.98. The average molecular weight is 1950 g/mol. The molecule has 16 amide bonds. The number of H-pyrrole nitrogens is 1. The van der Waals surface area contributed by atoms with Crippen LogP contribution in [0.15, 0.2) is 152 Å². The number of amides is 16. The summed E-state index contributed by atoms with van der Waals surface area (Å²) in [6.45, 7) is 2.74. The number of nitrogens with two attached hydrogens (primary N) is 2. The number of aryl methyl sites for hydroxylation is 1. The Morgan fingerprint density at radius 1 is 0.482 bits per heavy atom. The Balaban J connectivity index is 1.07. The molecule has 0 spiro atoms. The number of nitrogens with one attached hydrogen (secondary N) is 10. The van der Waals surface area contributed by atoms with Gasteiger partial charge in [0.05, 0.1) is 37.3 Å². The van der Waals surface area contributed by atoms with Crippen molar-refractivity contribution >= 4 is 123 Å². The number of carboxylic acids is 1. The lowest BCUT2D eigenvalue weighted by molar-refractivity contribution is -0.152. The van der Waals surface area contributed by atoms with E-state index in [1.54, 1.807) is 91.9 Å². The summed E-state index contributed by atoms with van der Waals surface area (Å²) >= 11 is 0.562. The highest BCUT2D eigenvalue weighted by atomic mass is 32.2. The second-order valence-corrected chi connectivity index (χ2v) is 36.1. The molecule has 3 fully saturated rings. The minimum atomic E-state index is -2.08. The van der Waals surface area contributed by atoms with Crippen LogP contribution in [0.25, 0.3) is 10.9 Å². The van der Waals surface area contributed by atoms with Crippen molar-refractivity contribution in [1.29, 1.82) is 0 Å². The first kappa shape index (κ1) is 107. The van der Waals surface area contributed by atoms with Crippen molar-refractivity contribution in [3.8, 4) is 11.5 Å². The molecule has 139 heavy (non-hydrogen) atoms. The molecule has 19 N–H and O–H groups in total. The van der Waals surface area contributed by atoms with Gasteiger partial charge in [0.2, 0.25) is 94.5 Å². The van der Waals surface area contributed by atoms with Gasteiger partial charge >= 0.3 is 5.97 Å². The number of aliphatic carboxylic acids is 1. The SMILES string of the molecule is CCCC[C@H]1C(=O)N2C[C@H](O)C[C@@H]2C(=O)N[C@@H](CC(=O)O)C(=O)N[C@@H](C(C)C)C(=O)N(C)C(Cc2ccccc2)C(=O)N[C@@H](Cc2ccc(O)cc2)C(=O)N2C[C@H](O)C[C@H]2C(=O)N[C@@H](Cc2c[nH]c3ccccc23)C(=O)N[C@@H](Cc2ccc(O)cc2)C(=O)N[C@@H](CC(N)=O)C(=O)N[C@H](C(=O)NCC(N)=O)CSCC(=O)N[C@@H](Cc2cc(F)c(F)c(F)c2)C(=O)N(C)[C@@H](CCc2ccccc2)C(=O)N1C. The Kier molecular flexibility index (Phi) is 37.9. The first-order valence-electron chi connectivity index (χ1n) is 45.2. The van der Waals surface area contributed by atoms with E-state index < -0.39 is 303 Å². The van der Waals surface area contributed by atoms with Crippen LogP contribution < -0.4 is 59.3 Å². The zero-order chi connectivity index (χ0) is 101. The van der Waals surface area contributed by atoms with E-state index in [2.05, 4.69) is 52.8 Å². The summed E-state index contributed by atoms with van der Waals surface area (Å²) in [4.78, 5) is 260. The van der Waals surface area contributed by atoms with Crippen LogP contribution in [0.1, 0.15) is 106 Å². The van der Waals surface area contributed by atoms with Gasteiger partial charge in [-0.05, 0) is 101 Å². The molecule has 0 radical (unpaired) electrons. The number of halogens is 3. The van der Waals surface area contributed by atoms with Crippen LogP contribution in [-0.4, -0.2) is 299 Å². The van der Waals surface area contributed by atoms with Gasteiger partial charge in [0, 0.05) is 102 Å². The Morgan fingerprint density at radius 2 is 0.950 bits per heavy atom. The number of hydrogen-bond acceptors (Lipinski definition) is 22. The third-order valence-electron chi connectivity index (χ3n) is 24.4. The lowest BCUT2D eigenvalue weighted by Crippen LogP contribution is -2.62.